The first-order chi connectivity index (χ1) is 12.7. The molecule has 0 spiro atoms. The van der Waals surface area contributed by atoms with Crippen molar-refractivity contribution in [3.05, 3.63) is 84.9 Å². The number of hydrogen-bond donors (Lipinski definition) is 0. The fourth-order valence-electron chi connectivity index (χ4n) is 1.98. The lowest BCUT2D eigenvalue weighted by Gasteiger charge is -2.07. The molecule has 0 saturated heterocycles. The summed E-state index contributed by atoms with van der Waals surface area (Å²) in [6, 6.07) is 23.0. The van der Waals surface area contributed by atoms with Crippen molar-refractivity contribution in [1.29, 1.82) is 0 Å². The Kier molecular flexibility index (Phi) is 5.47. The van der Waals surface area contributed by atoms with Gasteiger partial charge in [-0.05, 0) is 48.5 Å². The Labute approximate surface area is 149 Å². The van der Waals surface area contributed by atoms with Crippen LogP contribution in [-0.4, -0.2) is 12.3 Å². The zero-order chi connectivity index (χ0) is 18.2. The van der Waals surface area contributed by atoms with Crippen LogP contribution >= 0.6 is 0 Å². The van der Waals surface area contributed by atoms with E-state index in [4.69, 9.17) is 18.9 Å². The number of rotatable bonds is 4. The second-order valence-corrected chi connectivity index (χ2v) is 5.01. The molecule has 0 amide bonds. The Bertz CT molecular complexity index is 785. The van der Waals surface area contributed by atoms with E-state index in [9.17, 15) is 9.59 Å². The van der Waals surface area contributed by atoms with Gasteiger partial charge in [0.15, 0.2) is 0 Å². The highest BCUT2D eigenvalue weighted by molar-refractivity contribution is 5.68. The van der Waals surface area contributed by atoms with E-state index in [1.807, 2.05) is 0 Å². The van der Waals surface area contributed by atoms with Gasteiger partial charge in [-0.2, -0.15) is 0 Å². The van der Waals surface area contributed by atoms with E-state index in [1.54, 1.807) is 60.7 Å². The van der Waals surface area contributed by atoms with Crippen molar-refractivity contribution in [2.45, 2.75) is 0 Å². The molecular weight excluding hydrogens is 336 g/mol. The van der Waals surface area contributed by atoms with Crippen LogP contribution in [-0.2, 0) is 0 Å². The van der Waals surface area contributed by atoms with Gasteiger partial charge in [-0.3, -0.25) is 0 Å². The van der Waals surface area contributed by atoms with E-state index in [-0.39, 0.29) is 11.5 Å². The summed E-state index contributed by atoms with van der Waals surface area (Å²) in [5, 5.41) is 0. The molecule has 0 aliphatic rings. The molecule has 0 unspecified atom stereocenters. The summed E-state index contributed by atoms with van der Waals surface area (Å²) in [4.78, 5) is 23.4. The lowest BCUT2D eigenvalue weighted by molar-refractivity contribution is 0.149. The van der Waals surface area contributed by atoms with E-state index < -0.39 is 12.3 Å². The first-order valence-corrected chi connectivity index (χ1v) is 7.68. The maximum Gasteiger partial charge on any atom is 0.519 e. The molecule has 0 radical (unpaired) electrons. The van der Waals surface area contributed by atoms with E-state index in [0.29, 0.717) is 11.5 Å². The van der Waals surface area contributed by atoms with Gasteiger partial charge in [0.1, 0.15) is 23.0 Å². The maximum atomic E-state index is 11.7. The Morgan fingerprint density at radius 1 is 0.423 bits per heavy atom. The topological polar surface area (TPSA) is 71.1 Å². The van der Waals surface area contributed by atoms with Crippen molar-refractivity contribution < 1.29 is 28.5 Å². The number of carbonyl (C=O) groups excluding carboxylic acids is 2. The summed E-state index contributed by atoms with van der Waals surface area (Å²) in [5.74, 6) is 1.24. The molecule has 0 saturated carbocycles. The van der Waals surface area contributed by atoms with E-state index in [0.717, 1.165) is 0 Å². The Hall–Kier alpha value is -3.80. The summed E-state index contributed by atoms with van der Waals surface area (Å²) >= 11 is 0. The molecular formula is C20H14O6. The van der Waals surface area contributed by atoms with E-state index in [2.05, 4.69) is 0 Å². The predicted octanol–water partition coefficient (Wildman–Crippen LogP) is 4.84. The molecule has 0 heterocycles. The zero-order valence-corrected chi connectivity index (χ0v) is 13.5. The molecule has 0 atom stereocenters. The van der Waals surface area contributed by atoms with Crippen LogP contribution in [0.5, 0.6) is 23.0 Å². The van der Waals surface area contributed by atoms with E-state index >= 15 is 0 Å². The predicted molar refractivity (Wildman–Crippen MR) is 92.6 cm³/mol. The minimum absolute atomic E-state index is 0.245. The second-order valence-electron chi connectivity index (χ2n) is 5.01. The third-order valence-corrected chi connectivity index (χ3v) is 3.11. The minimum atomic E-state index is -0.867. The van der Waals surface area contributed by atoms with Crippen LogP contribution < -0.4 is 18.9 Å². The van der Waals surface area contributed by atoms with Crippen LogP contribution in [0.4, 0.5) is 9.59 Å². The molecule has 3 rings (SSSR count). The molecule has 6 heteroatoms. The molecule has 0 aliphatic heterocycles. The van der Waals surface area contributed by atoms with Crippen molar-refractivity contribution in [2.75, 3.05) is 0 Å². The van der Waals surface area contributed by atoms with Gasteiger partial charge in [0.05, 0.1) is 0 Å². The Morgan fingerprint density at radius 3 is 1.00 bits per heavy atom. The first-order valence-electron chi connectivity index (χ1n) is 7.68. The highest BCUT2D eigenvalue weighted by Crippen LogP contribution is 2.20. The van der Waals surface area contributed by atoms with Gasteiger partial charge in [-0.1, -0.05) is 36.4 Å². The molecule has 0 N–H and O–H groups in total. The van der Waals surface area contributed by atoms with Gasteiger partial charge < -0.3 is 18.9 Å². The third-order valence-electron chi connectivity index (χ3n) is 3.11. The van der Waals surface area contributed by atoms with Gasteiger partial charge >= 0.3 is 12.3 Å². The van der Waals surface area contributed by atoms with Crippen LogP contribution in [0.3, 0.4) is 0 Å². The average Bonchev–Trinajstić information content (AvgIpc) is 2.65. The molecule has 26 heavy (non-hydrogen) atoms. The first kappa shape index (κ1) is 17.0. The van der Waals surface area contributed by atoms with Crippen molar-refractivity contribution in [3.63, 3.8) is 0 Å². The Morgan fingerprint density at radius 2 is 0.692 bits per heavy atom. The Balaban J connectivity index is 1.51. The summed E-state index contributed by atoms with van der Waals surface area (Å²) in [6.45, 7) is 0. The molecule has 130 valence electrons. The molecule has 3 aromatic rings. The number of carbonyl (C=O) groups is 2. The van der Waals surface area contributed by atoms with Gasteiger partial charge in [-0.25, -0.2) is 9.59 Å². The molecule has 0 aliphatic carbocycles. The fraction of sp³-hybridized carbons (Fsp3) is 0. The van der Waals surface area contributed by atoms with Crippen LogP contribution in [0.15, 0.2) is 84.9 Å². The van der Waals surface area contributed by atoms with Crippen molar-refractivity contribution in [1.82, 2.24) is 0 Å². The third kappa shape index (κ3) is 5.10. The second kappa shape index (κ2) is 8.34. The van der Waals surface area contributed by atoms with Gasteiger partial charge in [0, 0.05) is 0 Å². The molecule has 6 nitrogen and oxygen atoms in total. The normalized spacial score (nSPS) is 9.85. The highest BCUT2D eigenvalue weighted by atomic mass is 16.7. The smallest absolute Gasteiger partial charge is 0.395 e. The number of para-hydroxylation sites is 2. The maximum absolute atomic E-state index is 11.7. The van der Waals surface area contributed by atoms with Crippen LogP contribution in [0, 0.1) is 0 Å². The van der Waals surface area contributed by atoms with Crippen molar-refractivity contribution in [2.24, 2.45) is 0 Å². The van der Waals surface area contributed by atoms with Gasteiger partial charge in [-0.15, -0.1) is 0 Å². The summed E-state index contributed by atoms with van der Waals surface area (Å²) in [7, 11) is 0. The van der Waals surface area contributed by atoms with Gasteiger partial charge in [0.2, 0.25) is 0 Å². The standard InChI is InChI=1S/C20H14O6/c21-19(23-15-7-3-1-4-8-15)25-17-11-13-18(14-12-17)26-20(22)24-16-9-5-2-6-10-16/h1-14H. The van der Waals surface area contributed by atoms with E-state index in [1.165, 1.54) is 24.3 Å². The van der Waals surface area contributed by atoms with Gasteiger partial charge in [0.25, 0.3) is 0 Å². The average molecular weight is 350 g/mol. The van der Waals surface area contributed by atoms with Crippen molar-refractivity contribution in [3.8, 4) is 23.0 Å². The largest absolute Gasteiger partial charge is 0.519 e. The van der Waals surface area contributed by atoms with Crippen LogP contribution in [0.25, 0.3) is 0 Å². The quantitative estimate of drug-likeness (QED) is 0.495. The SMILES string of the molecule is O=C(Oc1ccccc1)Oc1ccc(OC(=O)Oc2ccccc2)cc1. The van der Waals surface area contributed by atoms with Crippen molar-refractivity contribution >= 4 is 12.3 Å². The molecule has 0 aromatic heterocycles. The monoisotopic (exact) mass is 350 g/mol. The minimum Gasteiger partial charge on any atom is -0.395 e. The lowest BCUT2D eigenvalue weighted by atomic mass is 10.3. The van der Waals surface area contributed by atoms with Crippen LogP contribution in [0.1, 0.15) is 0 Å². The zero-order valence-electron chi connectivity index (χ0n) is 13.5. The molecule has 3 aromatic carbocycles. The highest BCUT2D eigenvalue weighted by Gasteiger charge is 2.10. The summed E-state index contributed by atoms with van der Waals surface area (Å²) in [6.07, 6.45) is -1.73. The number of benzene rings is 3. The summed E-state index contributed by atoms with van der Waals surface area (Å²) < 4.78 is 20.1. The molecule has 0 fully saturated rings. The number of ether oxygens (including phenoxy) is 4. The lowest BCUT2D eigenvalue weighted by Crippen LogP contribution is -2.14. The number of hydrogen-bond acceptors (Lipinski definition) is 6. The molecule has 0 bridgehead atoms. The van der Waals surface area contributed by atoms with Crippen LogP contribution in [0.2, 0.25) is 0 Å². The summed E-state index contributed by atoms with van der Waals surface area (Å²) in [5.41, 5.74) is 0. The fourth-order valence-corrected chi connectivity index (χ4v) is 1.98.